The number of carbonyl (C=O) groups excluding carboxylic acids is 3. The fourth-order valence-electron chi connectivity index (χ4n) is 1.10. The van der Waals surface area contributed by atoms with Crippen molar-refractivity contribution in [3.8, 4) is 0 Å². The van der Waals surface area contributed by atoms with Gasteiger partial charge in [0.2, 0.25) is 0 Å². The summed E-state index contributed by atoms with van der Waals surface area (Å²) in [7, 11) is 0. The first-order valence-electron chi connectivity index (χ1n) is 5.09. The largest absolute Gasteiger partial charge is 0.300 e. The van der Waals surface area contributed by atoms with Crippen molar-refractivity contribution < 1.29 is 14.4 Å². The molecule has 0 aliphatic heterocycles. The van der Waals surface area contributed by atoms with Gasteiger partial charge in [-0.15, -0.1) is 0 Å². The molecule has 0 atom stereocenters. The Labute approximate surface area is 84.9 Å². The Balaban J connectivity index is 3.45. The lowest BCUT2D eigenvalue weighted by atomic mass is 10.1. The molecule has 0 radical (unpaired) electrons. The predicted molar refractivity (Wildman–Crippen MR) is 54.1 cm³/mol. The second-order valence-electron chi connectivity index (χ2n) is 3.49. The minimum atomic E-state index is 0.0444. The van der Waals surface area contributed by atoms with E-state index in [-0.39, 0.29) is 17.3 Å². The minimum Gasteiger partial charge on any atom is -0.300 e. The van der Waals surface area contributed by atoms with Gasteiger partial charge in [-0.1, -0.05) is 6.92 Å². The van der Waals surface area contributed by atoms with E-state index in [0.717, 1.165) is 0 Å². The molecule has 0 rings (SSSR count). The van der Waals surface area contributed by atoms with Gasteiger partial charge in [-0.05, 0) is 13.3 Å². The number of carbonyl (C=O) groups is 3. The maximum Gasteiger partial charge on any atom is 0.133 e. The van der Waals surface area contributed by atoms with Gasteiger partial charge in [0.05, 0.1) is 0 Å². The van der Waals surface area contributed by atoms with Crippen LogP contribution >= 0.6 is 0 Å². The summed E-state index contributed by atoms with van der Waals surface area (Å²) in [5.74, 6) is 0.330. The summed E-state index contributed by atoms with van der Waals surface area (Å²) in [5, 5.41) is 0. The molecule has 0 aromatic rings. The van der Waals surface area contributed by atoms with Crippen molar-refractivity contribution in [1.29, 1.82) is 0 Å². The van der Waals surface area contributed by atoms with E-state index in [1.54, 1.807) is 0 Å². The van der Waals surface area contributed by atoms with Crippen LogP contribution in [0.25, 0.3) is 0 Å². The highest BCUT2D eigenvalue weighted by molar-refractivity contribution is 5.85. The van der Waals surface area contributed by atoms with Gasteiger partial charge in [0.25, 0.3) is 0 Å². The molecule has 0 heterocycles. The summed E-state index contributed by atoms with van der Waals surface area (Å²) >= 11 is 0. The Morgan fingerprint density at radius 2 is 1.43 bits per heavy atom. The maximum absolute atomic E-state index is 11.2. The number of hydrogen-bond acceptors (Lipinski definition) is 3. The predicted octanol–water partition coefficient (Wildman–Crippen LogP) is 2.07. The smallest absolute Gasteiger partial charge is 0.133 e. The second kappa shape index (κ2) is 7.42. The molecule has 0 saturated heterocycles. The molecule has 14 heavy (non-hydrogen) atoms. The molecule has 0 aromatic carbocycles. The molecule has 0 fully saturated rings. The van der Waals surface area contributed by atoms with Gasteiger partial charge in [0.1, 0.15) is 17.3 Å². The van der Waals surface area contributed by atoms with Crippen LogP contribution in [-0.2, 0) is 14.4 Å². The minimum absolute atomic E-state index is 0.0444. The Morgan fingerprint density at radius 1 is 0.857 bits per heavy atom. The van der Waals surface area contributed by atoms with Crippen LogP contribution in [0.5, 0.6) is 0 Å². The van der Waals surface area contributed by atoms with Crippen LogP contribution in [0.3, 0.4) is 0 Å². The van der Waals surface area contributed by atoms with Gasteiger partial charge >= 0.3 is 0 Å². The lowest BCUT2D eigenvalue weighted by Crippen LogP contribution is -2.03. The molecule has 0 aromatic heterocycles. The molecular weight excluding hydrogens is 180 g/mol. The zero-order valence-electron chi connectivity index (χ0n) is 8.97. The molecule has 3 heteroatoms. The number of Topliss-reactive ketones (excluding diaryl/α,β-unsaturated/α-hetero) is 3. The number of hydrogen-bond donors (Lipinski definition) is 0. The third kappa shape index (κ3) is 7.65. The molecule has 0 N–H and O–H groups in total. The highest BCUT2D eigenvalue weighted by Crippen LogP contribution is 2.03. The zero-order chi connectivity index (χ0) is 11.0. The standard InChI is InChI=1S/C11H18O3/c1-3-10(13)5-4-6-11(14)8-7-9(2)12/h3-8H2,1-2H3. The first-order chi connectivity index (χ1) is 6.56. The highest BCUT2D eigenvalue weighted by atomic mass is 16.1. The van der Waals surface area contributed by atoms with E-state index in [0.29, 0.717) is 38.5 Å². The van der Waals surface area contributed by atoms with Crippen LogP contribution in [0.2, 0.25) is 0 Å². The van der Waals surface area contributed by atoms with E-state index < -0.39 is 0 Å². The summed E-state index contributed by atoms with van der Waals surface area (Å²) < 4.78 is 0. The third-order valence-electron chi connectivity index (χ3n) is 2.06. The van der Waals surface area contributed by atoms with Crippen molar-refractivity contribution in [2.45, 2.75) is 52.4 Å². The monoisotopic (exact) mass is 198 g/mol. The number of rotatable bonds is 8. The topological polar surface area (TPSA) is 51.2 Å². The van der Waals surface area contributed by atoms with E-state index in [9.17, 15) is 14.4 Å². The molecule has 80 valence electrons. The molecular formula is C11H18O3. The molecule has 0 bridgehead atoms. The van der Waals surface area contributed by atoms with E-state index in [1.807, 2.05) is 6.92 Å². The Morgan fingerprint density at radius 3 is 1.93 bits per heavy atom. The normalized spacial score (nSPS) is 9.86. The Hall–Kier alpha value is -0.990. The highest BCUT2D eigenvalue weighted by Gasteiger charge is 2.05. The molecule has 0 spiro atoms. The molecule has 0 aliphatic carbocycles. The summed E-state index contributed by atoms with van der Waals surface area (Å²) in [5.41, 5.74) is 0. The molecule has 0 saturated carbocycles. The Kier molecular flexibility index (Phi) is 6.89. The van der Waals surface area contributed by atoms with Gasteiger partial charge < -0.3 is 4.79 Å². The quantitative estimate of drug-likeness (QED) is 0.600. The molecule has 0 amide bonds. The summed E-state index contributed by atoms with van der Waals surface area (Å²) in [6, 6.07) is 0. The second-order valence-corrected chi connectivity index (χ2v) is 3.49. The van der Waals surface area contributed by atoms with Crippen LogP contribution in [0.1, 0.15) is 52.4 Å². The zero-order valence-corrected chi connectivity index (χ0v) is 8.97. The van der Waals surface area contributed by atoms with Gasteiger partial charge in [-0.3, -0.25) is 9.59 Å². The lowest BCUT2D eigenvalue weighted by Gasteiger charge is -1.98. The van der Waals surface area contributed by atoms with Crippen molar-refractivity contribution in [2.24, 2.45) is 0 Å². The van der Waals surface area contributed by atoms with Crippen molar-refractivity contribution in [3.63, 3.8) is 0 Å². The van der Waals surface area contributed by atoms with Crippen LogP contribution in [0, 0.1) is 0 Å². The summed E-state index contributed by atoms with van der Waals surface area (Å²) in [6.45, 7) is 3.30. The fourth-order valence-corrected chi connectivity index (χ4v) is 1.10. The van der Waals surface area contributed by atoms with Crippen molar-refractivity contribution in [2.75, 3.05) is 0 Å². The first-order valence-corrected chi connectivity index (χ1v) is 5.09. The van der Waals surface area contributed by atoms with E-state index in [1.165, 1.54) is 6.92 Å². The van der Waals surface area contributed by atoms with Gasteiger partial charge in [0.15, 0.2) is 0 Å². The van der Waals surface area contributed by atoms with E-state index in [4.69, 9.17) is 0 Å². The summed E-state index contributed by atoms with van der Waals surface area (Å²) in [6.07, 6.45) is 2.75. The van der Waals surface area contributed by atoms with Gasteiger partial charge in [-0.2, -0.15) is 0 Å². The van der Waals surface area contributed by atoms with Gasteiger partial charge in [-0.25, -0.2) is 0 Å². The van der Waals surface area contributed by atoms with Crippen molar-refractivity contribution in [1.82, 2.24) is 0 Å². The van der Waals surface area contributed by atoms with Crippen LogP contribution in [-0.4, -0.2) is 17.3 Å². The average Bonchev–Trinajstić information content (AvgIpc) is 2.14. The maximum atomic E-state index is 11.2. The van der Waals surface area contributed by atoms with Crippen LogP contribution < -0.4 is 0 Å². The van der Waals surface area contributed by atoms with Crippen LogP contribution in [0.15, 0.2) is 0 Å². The SMILES string of the molecule is CCC(=O)CCCC(=O)CCC(C)=O. The van der Waals surface area contributed by atoms with Crippen molar-refractivity contribution >= 4 is 17.3 Å². The fraction of sp³-hybridized carbons (Fsp3) is 0.727. The molecule has 0 aliphatic rings. The molecule has 3 nitrogen and oxygen atoms in total. The molecule has 0 unspecified atom stereocenters. The first kappa shape index (κ1) is 13.0. The average molecular weight is 198 g/mol. The van der Waals surface area contributed by atoms with E-state index in [2.05, 4.69) is 0 Å². The third-order valence-corrected chi connectivity index (χ3v) is 2.06. The van der Waals surface area contributed by atoms with Crippen molar-refractivity contribution in [3.05, 3.63) is 0 Å². The van der Waals surface area contributed by atoms with Gasteiger partial charge in [0, 0.05) is 32.1 Å². The summed E-state index contributed by atoms with van der Waals surface area (Å²) in [4.78, 5) is 32.6. The lowest BCUT2D eigenvalue weighted by molar-refractivity contribution is -0.123. The van der Waals surface area contributed by atoms with E-state index >= 15 is 0 Å². The number of ketones is 3. The Bertz CT molecular complexity index is 219. The van der Waals surface area contributed by atoms with Crippen LogP contribution in [0.4, 0.5) is 0 Å².